The summed E-state index contributed by atoms with van der Waals surface area (Å²) < 4.78 is 6.35. The van der Waals surface area contributed by atoms with Gasteiger partial charge < -0.3 is 15.4 Å². The van der Waals surface area contributed by atoms with Crippen LogP contribution in [0.3, 0.4) is 0 Å². The number of carbonyl (C=O) groups is 2. The van der Waals surface area contributed by atoms with Crippen LogP contribution in [0.1, 0.15) is 452 Å². The smallest absolute Gasteiger partial charge is 0.255 e. The summed E-state index contributed by atoms with van der Waals surface area (Å²) in [5, 5.41) is 6.35. The Morgan fingerprint density at radius 2 is 0.470 bits per heavy atom. The fourth-order valence-corrected chi connectivity index (χ4v) is 12.6. The molecule has 2 N–H and O–H groups in total. The van der Waals surface area contributed by atoms with E-state index in [0.29, 0.717) is 36.6 Å². The van der Waals surface area contributed by atoms with Gasteiger partial charge in [-0.3, -0.25) is 9.59 Å². The molecule has 0 fully saturated rings. The summed E-state index contributed by atoms with van der Waals surface area (Å²) in [7, 11) is 0. The fourth-order valence-electron chi connectivity index (χ4n) is 12.6. The van der Waals surface area contributed by atoms with Crippen LogP contribution < -0.4 is 15.4 Å². The molecule has 1 aromatic rings. The molecule has 0 aliphatic heterocycles. The maximum absolute atomic E-state index is 13.6. The Balaban J connectivity index is 2.27. The topological polar surface area (TPSA) is 67.4 Å². The Hall–Kier alpha value is -2.04. The van der Waals surface area contributed by atoms with Crippen molar-refractivity contribution < 1.29 is 14.3 Å². The summed E-state index contributed by atoms with van der Waals surface area (Å²) in [5.41, 5.74) is 1.13. The van der Waals surface area contributed by atoms with Crippen molar-refractivity contribution >= 4 is 11.8 Å². The van der Waals surface area contributed by atoms with E-state index in [1.165, 1.54) is 372 Å². The number of carbonyl (C=O) groups excluding carboxylic acids is 2. The van der Waals surface area contributed by atoms with Gasteiger partial charge in [0, 0.05) is 18.7 Å². The number of benzene rings is 1. The van der Waals surface area contributed by atoms with Gasteiger partial charge in [0.25, 0.3) is 11.8 Å². The number of nitrogens with one attached hydrogen (secondary N) is 2. The minimum absolute atomic E-state index is 0.0708. The van der Waals surface area contributed by atoms with E-state index in [1.807, 2.05) is 18.2 Å². The Morgan fingerprint density at radius 3 is 0.711 bits per heavy atom. The second-order valence-corrected chi connectivity index (χ2v) is 26.6. The third-order valence-electron chi connectivity index (χ3n) is 18.4. The molecule has 0 saturated carbocycles. The first-order valence-electron chi connectivity index (χ1n) is 38.5. The molecule has 0 aromatic heterocycles. The van der Waals surface area contributed by atoms with E-state index >= 15 is 0 Å². The van der Waals surface area contributed by atoms with Crippen molar-refractivity contribution in [3.8, 4) is 5.75 Å². The molecule has 1 rings (SSSR count). The molecule has 0 spiro atoms. The van der Waals surface area contributed by atoms with Gasteiger partial charge in [0.05, 0.1) is 12.2 Å². The van der Waals surface area contributed by atoms with Crippen molar-refractivity contribution in [1.29, 1.82) is 0 Å². The highest BCUT2D eigenvalue weighted by Gasteiger charge is 2.16. The lowest BCUT2D eigenvalue weighted by Gasteiger charge is -2.14. The van der Waals surface area contributed by atoms with Gasteiger partial charge in [0.2, 0.25) is 0 Å². The predicted molar refractivity (Wildman–Crippen MR) is 369 cm³/mol. The van der Waals surface area contributed by atoms with Gasteiger partial charge in [0.15, 0.2) is 0 Å². The molecule has 0 atom stereocenters. The van der Waals surface area contributed by atoms with E-state index in [0.717, 1.165) is 38.5 Å². The van der Waals surface area contributed by atoms with Crippen molar-refractivity contribution in [3.05, 3.63) is 29.3 Å². The Kier molecular flexibility index (Phi) is 64.2. The first-order valence-corrected chi connectivity index (χ1v) is 38.5. The second kappa shape index (κ2) is 67.5. The van der Waals surface area contributed by atoms with Crippen LogP contribution >= 0.6 is 0 Å². The third kappa shape index (κ3) is 57.5. The fraction of sp³-hybridized carbons (Fsp3) is 0.897. The van der Waals surface area contributed by atoms with Gasteiger partial charge in [-0.15, -0.1) is 0 Å². The Bertz CT molecular complexity index is 1440. The van der Waals surface area contributed by atoms with Crippen LogP contribution in [0.15, 0.2) is 18.2 Å². The number of unbranched alkanes of at least 4 members (excludes halogenated alkanes) is 61. The largest absolute Gasteiger partial charge is 0.493 e. The summed E-state index contributed by atoms with van der Waals surface area (Å²) in [4.78, 5) is 26.9. The lowest BCUT2D eigenvalue weighted by atomic mass is 10.0. The van der Waals surface area contributed by atoms with Gasteiger partial charge in [-0.25, -0.2) is 0 Å². The molecule has 0 aliphatic rings. The van der Waals surface area contributed by atoms with Crippen LogP contribution in [0.5, 0.6) is 5.75 Å². The van der Waals surface area contributed by atoms with Crippen LogP contribution in [0.25, 0.3) is 0 Å². The summed E-state index contributed by atoms with van der Waals surface area (Å²) in [6.45, 7) is 8.85. The zero-order chi connectivity index (χ0) is 59.5. The molecule has 0 bridgehead atoms. The van der Waals surface area contributed by atoms with E-state index in [-0.39, 0.29) is 11.8 Å². The predicted octanol–water partition coefficient (Wildman–Crippen LogP) is 26.6. The zero-order valence-electron chi connectivity index (χ0n) is 56.8. The van der Waals surface area contributed by atoms with Gasteiger partial charge in [0.1, 0.15) is 5.75 Å². The number of ether oxygens (including phenoxy) is 1. The van der Waals surface area contributed by atoms with Gasteiger partial charge in [-0.1, -0.05) is 412 Å². The Labute approximate surface area is 520 Å². The van der Waals surface area contributed by atoms with Gasteiger partial charge >= 0.3 is 0 Å². The highest BCUT2D eigenvalue weighted by Crippen LogP contribution is 2.24. The quantitative estimate of drug-likeness (QED) is 0.0639. The van der Waals surface area contributed by atoms with Crippen molar-refractivity contribution in [3.63, 3.8) is 0 Å². The zero-order valence-corrected chi connectivity index (χ0v) is 56.8. The van der Waals surface area contributed by atoms with Gasteiger partial charge in [-0.05, 0) is 37.5 Å². The molecule has 0 saturated heterocycles. The van der Waals surface area contributed by atoms with Crippen LogP contribution in [-0.2, 0) is 0 Å². The molecular weight excluding hydrogens is 1010 g/mol. The highest BCUT2D eigenvalue weighted by molar-refractivity contribution is 6.00. The molecule has 1 aromatic carbocycles. The average Bonchev–Trinajstić information content (AvgIpc) is 3.50. The average molecular weight is 1160 g/mol. The lowest BCUT2D eigenvalue weighted by Crippen LogP contribution is -2.26. The van der Waals surface area contributed by atoms with E-state index in [1.54, 1.807) is 0 Å². The maximum Gasteiger partial charge on any atom is 0.255 e. The summed E-state index contributed by atoms with van der Waals surface area (Å²) in [6.07, 6.45) is 87.9. The molecule has 0 aliphatic carbocycles. The summed E-state index contributed by atoms with van der Waals surface area (Å²) in [6, 6.07) is 5.44. The maximum atomic E-state index is 13.6. The van der Waals surface area contributed by atoms with Crippen molar-refractivity contribution in [2.75, 3.05) is 19.7 Å². The van der Waals surface area contributed by atoms with E-state index in [9.17, 15) is 9.59 Å². The molecule has 0 unspecified atom stereocenters. The number of hydrogen-bond donors (Lipinski definition) is 2. The van der Waals surface area contributed by atoms with E-state index in [2.05, 4.69) is 31.4 Å². The number of rotatable bonds is 70. The van der Waals surface area contributed by atoms with Gasteiger partial charge in [-0.2, -0.15) is 0 Å². The van der Waals surface area contributed by atoms with Crippen molar-refractivity contribution in [1.82, 2.24) is 10.6 Å². The highest BCUT2D eigenvalue weighted by atomic mass is 16.5. The normalized spacial score (nSPS) is 11.5. The summed E-state index contributed by atoms with van der Waals surface area (Å²) >= 11 is 0. The van der Waals surface area contributed by atoms with E-state index < -0.39 is 0 Å². The summed E-state index contributed by atoms with van der Waals surface area (Å²) in [5.74, 6) is 0.386. The molecule has 0 heterocycles. The number of amides is 2. The molecule has 488 valence electrons. The lowest BCUT2D eigenvalue weighted by molar-refractivity contribution is 0.0937. The van der Waals surface area contributed by atoms with Crippen molar-refractivity contribution in [2.24, 2.45) is 0 Å². The molecule has 5 nitrogen and oxygen atoms in total. The first kappa shape index (κ1) is 79.0. The van der Waals surface area contributed by atoms with E-state index in [4.69, 9.17) is 4.74 Å². The molecular formula is C78H148N2O3. The van der Waals surface area contributed by atoms with Crippen LogP contribution in [0, 0.1) is 0 Å². The minimum atomic E-state index is -0.0896. The Morgan fingerprint density at radius 1 is 0.265 bits per heavy atom. The first-order chi connectivity index (χ1) is 41.1. The number of hydrogen-bond acceptors (Lipinski definition) is 3. The third-order valence-corrected chi connectivity index (χ3v) is 18.4. The molecule has 5 heteroatoms. The van der Waals surface area contributed by atoms with Crippen LogP contribution in [0.4, 0.5) is 0 Å². The monoisotopic (exact) mass is 1160 g/mol. The standard InChI is InChI=1S/C78H148N2O3/c1-4-7-10-13-16-19-22-25-28-31-33-35-37-39-41-43-45-47-50-53-56-59-62-65-70-79-77(81)74-68-69-75(76(73-74)83-72-67-64-61-58-55-52-49-30-27-24-21-18-15-12-9-6-3)78(82)80-71-66-63-60-57-54-51-48-46-44-42-40-38-36-34-32-29-26-23-20-17-14-11-8-5-2/h68-69,73H,4-67,70-72H2,1-3H3,(H,79,81)(H,80,82). The molecule has 83 heavy (non-hydrogen) atoms. The van der Waals surface area contributed by atoms with Crippen LogP contribution in [0.2, 0.25) is 0 Å². The molecule has 2 amide bonds. The van der Waals surface area contributed by atoms with Crippen LogP contribution in [-0.4, -0.2) is 31.5 Å². The SMILES string of the molecule is CCCCCCCCCCCCCCCCCCCCCCCCCCNC(=O)c1ccc(C(=O)NCCCCCCCCCCCCCCCCCCCCCCCCCC)c(OCCCCCCCCCCCCCCCCCC)c1. The van der Waals surface area contributed by atoms with Crippen molar-refractivity contribution in [2.45, 2.75) is 432 Å². The second-order valence-electron chi connectivity index (χ2n) is 26.6. The molecule has 0 radical (unpaired) electrons. The minimum Gasteiger partial charge on any atom is -0.493 e.